The Morgan fingerprint density at radius 1 is 1.45 bits per heavy atom. The summed E-state index contributed by atoms with van der Waals surface area (Å²) >= 11 is 1.69. The average molecular weight is 292 g/mol. The molecule has 0 saturated carbocycles. The van der Waals surface area contributed by atoms with Gasteiger partial charge in [0.05, 0.1) is 12.8 Å². The number of methoxy groups -OCH3 is 1. The first-order valence-corrected chi connectivity index (χ1v) is 7.55. The van der Waals surface area contributed by atoms with Gasteiger partial charge in [-0.2, -0.15) is 0 Å². The van der Waals surface area contributed by atoms with Gasteiger partial charge < -0.3 is 10.1 Å². The zero-order valence-corrected chi connectivity index (χ0v) is 12.4. The highest BCUT2D eigenvalue weighted by Crippen LogP contribution is 2.38. The Kier molecular flexibility index (Phi) is 3.72. The van der Waals surface area contributed by atoms with Crippen molar-refractivity contribution in [1.29, 1.82) is 0 Å². The van der Waals surface area contributed by atoms with Gasteiger partial charge in [-0.05, 0) is 44.5 Å². The third-order valence-electron chi connectivity index (χ3n) is 3.70. The second kappa shape index (κ2) is 5.50. The molecule has 1 aromatic heterocycles. The van der Waals surface area contributed by atoms with Gasteiger partial charge in [0, 0.05) is 16.5 Å². The molecular weight excluding hydrogens is 275 g/mol. The van der Waals surface area contributed by atoms with Crippen LogP contribution in [0.25, 0.3) is 10.6 Å². The van der Waals surface area contributed by atoms with Crippen molar-refractivity contribution in [3.63, 3.8) is 0 Å². The van der Waals surface area contributed by atoms with E-state index in [-0.39, 0.29) is 11.6 Å². The van der Waals surface area contributed by atoms with Crippen LogP contribution in [0.2, 0.25) is 0 Å². The standard InChI is InChI=1S/C15H17FN2OS/c1-17-11-4-3-5-12-14(11)20-15(18-12)9-6-7-10(16)13(8-9)19-2/h6-8,11,17H,3-5H2,1-2H3. The van der Waals surface area contributed by atoms with Crippen molar-refractivity contribution in [2.45, 2.75) is 25.3 Å². The van der Waals surface area contributed by atoms with E-state index in [0.717, 1.165) is 29.8 Å². The number of ether oxygens (including phenoxy) is 1. The number of hydrogen-bond donors (Lipinski definition) is 1. The van der Waals surface area contributed by atoms with Gasteiger partial charge in [-0.15, -0.1) is 11.3 Å². The third-order valence-corrected chi connectivity index (χ3v) is 4.96. The molecule has 2 aromatic rings. The van der Waals surface area contributed by atoms with Crippen LogP contribution in [0, 0.1) is 5.82 Å². The van der Waals surface area contributed by atoms with E-state index in [1.807, 2.05) is 7.05 Å². The molecule has 1 aliphatic carbocycles. The van der Waals surface area contributed by atoms with Crippen LogP contribution in [0.1, 0.15) is 29.5 Å². The van der Waals surface area contributed by atoms with Gasteiger partial charge in [-0.25, -0.2) is 9.37 Å². The first-order chi connectivity index (χ1) is 9.72. The smallest absolute Gasteiger partial charge is 0.165 e. The normalized spacial score (nSPS) is 17.9. The molecule has 5 heteroatoms. The molecular formula is C15H17FN2OS. The number of rotatable bonds is 3. The number of fused-ring (bicyclic) bond motifs is 1. The van der Waals surface area contributed by atoms with Crippen LogP contribution in [0.5, 0.6) is 5.75 Å². The van der Waals surface area contributed by atoms with Crippen LogP contribution >= 0.6 is 11.3 Å². The minimum absolute atomic E-state index is 0.265. The van der Waals surface area contributed by atoms with Crippen molar-refractivity contribution >= 4 is 11.3 Å². The Bertz CT molecular complexity index is 626. The summed E-state index contributed by atoms with van der Waals surface area (Å²) < 4.78 is 18.5. The minimum atomic E-state index is -0.342. The van der Waals surface area contributed by atoms with E-state index >= 15 is 0 Å². The summed E-state index contributed by atoms with van der Waals surface area (Å²) in [5.41, 5.74) is 2.09. The van der Waals surface area contributed by atoms with Gasteiger partial charge in [0.15, 0.2) is 11.6 Å². The number of aromatic nitrogens is 1. The number of aryl methyl sites for hydroxylation is 1. The summed E-state index contributed by atoms with van der Waals surface area (Å²) in [5.74, 6) is -0.0773. The molecule has 106 valence electrons. The van der Waals surface area contributed by atoms with E-state index in [4.69, 9.17) is 9.72 Å². The highest BCUT2D eigenvalue weighted by atomic mass is 32.1. The predicted octanol–water partition coefficient (Wildman–Crippen LogP) is 3.55. The van der Waals surface area contributed by atoms with Crippen molar-refractivity contribution in [1.82, 2.24) is 10.3 Å². The number of benzene rings is 1. The fourth-order valence-corrected chi connectivity index (χ4v) is 3.86. The Morgan fingerprint density at radius 3 is 3.05 bits per heavy atom. The lowest BCUT2D eigenvalue weighted by Crippen LogP contribution is -2.19. The van der Waals surface area contributed by atoms with Crippen molar-refractivity contribution in [3.8, 4) is 16.3 Å². The molecule has 3 nitrogen and oxygen atoms in total. The molecule has 0 bridgehead atoms. The summed E-state index contributed by atoms with van der Waals surface area (Å²) in [7, 11) is 3.46. The quantitative estimate of drug-likeness (QED) is 0.939. The first-order valence-electron chi connectivity index (χ1n) is 6.73. The summed E-state index contributed by atoms with van der Waals surface area (Å²) in [6.45, 7) is 0. The van der Waals surface area contributed by atoms with Crippen LogP contribution in [-0.2, 0) is 6.42 Å². The maximum atomic E-state index is 13.5. The Balaban J connectivity index is 2.01. The maximum absolute atomic E-state index is 13.5. The molecule has 1 aromatic carbocycles. The molecule has 0 fully saturated rings. The second-order valence-electron chi connectivity index (χ2n) is 4.91. The van der Waals surface area contributed by atoms with Crippen molar-refractivity contribution in [3.05, 3.63) is 34.6 Å². The Hall–Kier alpha value is -1.46. The van der Waals surface area contributed by atoms with E-state index in [1.54, 1.807) is 23.5 Å². The number of nitrogens with zero attached hydrogens (tertiary/aromatic N) is 1. The topological polar surface area (TPSA) is 34.2 Å². The van der Waals surface area contributed by atoms with Gasteiger partial charge in [-0.1, -0.05) is 0 Å². The van der Waals surface area contributed by atoms with Gasteiger partial charge in [0.2, 0.25) is 0 Å². The highest BCUT2D eigenvalue weighted by molar-refractivity contribution is 7.15. The third kappa shape index (κ3) is 2.31. The molecule has 0 radical (unpaired) electrons. The van der Waals surface area contributed by atoms with E-state index in [2.05, 4.69) is 5.32 Å². The Morgan fingerprint density at radius 2 is 2.30 bits per heavy atom. The van der Waals surface area contributed by atoms with Crippen molar-refractivity contribution < 1.29 is 9.13 Å². The monoisotopic (exact) mass is 292 g/mol. The van der Waals surface area contributed by atoms with Gasteiger partial charge >= 0.3 is 0 Å². The fourth-order valence-electron chi connectivity index (χ4n) is 2.61. The lowest BCUT2D eigenvalue weighted by Gasteiger charge is -2.19. The van der Waals surface area contributed by atoms with Gasteiger partial charge in [-0.3, -0.25) is 0 Å². The van der Waals surface area contributed by atoms with Crippen molar-refractivity contribution in [2.24, 2.45) is 0 Å². The molecule has 0 amide bonds. The minimum Gasteiger partial charge on any atom is -0.494 e. The molecule has 20 heavy (non-hydrogen) atoms. The molecule has 1 N–H and O–H groups in total. The summed E-state index contributed by atoms with van der Waals surface area (Å²) in [4.78, 5) is 6.04. The molecule has 1 aliphatic rings. The summed E-state index contributed by atoms with van der Waals surface area (Å²) in [5, 5.41) is 4.28. The average Bonchev–Trinajstić information content (AvgIpc) is 2.91. The maximum Gasteiger partial charge on any atom is 0.165 e. The lowest BCUT2D eigenvalue weighted by atomic mass is 9.98. The van der Waals surface area contributed by atoms with Crippen LogP contribution in [-0.4, -0.2) is 19.1 Å². The lowest BCUT2D eigenvalue weighted by molar-refractivity contribution is 0.387. The van der Waals surface area contributed by atoms with E-state index < -0.39 is 0 Å². The molecule has 1 heterocycles. The van der Waals surface area contributed by atoms with Crippen LogP contribution in [0.4, 0.5) is 4.39 Å². The largest absolute Gasteiger partial charge is 0.494 e. The van der Waals surface area contributed by atoms with Crippen LogP contribution in [0.3, 0.4) is 0 Å². The molecule has 0 spiro atoms. The Labute approximate surface area is 121 Å². The first kappa shape index (κ1) is 13.5. The van der Waals surface area contributed by atoms with E-state index in [9.17, 15) is 4.39 Å². The van der Waals surface area contributed by atoms with Crippen LogP contribution < -0.4 is 10.1 Å². The van der Waals surface area contributed by atoms with E-state index in [1.165, 1.54) is 23.7 Å². The molecule has 0 saturated heterocycles. The molecule has 1 unspecified atom stereocenters. The second-order valence-corrected chi connectivity index (χ2v) is 5.94. The van der Waals surface area contributed by atoms with Gasteiger partial charge in [0.1, 0.15) is 5.01 Å². The summed E-state index contributed by atoms with van der Waals surface area (Å²) in [6, 6.07) is 5.31. The van der Waals surface area contributed by atoms with Crippen molar-refractivity contribution in [2.75, 3.05) is 14.2 Å². The molecule has 1 atom stereocenters. The molecule has 3 rings (SSSR count). The zero-order valence-electron chi connectivity index (χ0n) is 11.6. The molecule has 0 aliphatic heterocycles. The fraction of sp³-hybridized carbons (Fsp3) is 0.400. The number of halogens is 1. The zero-order chi connectivity index (χ0) is 14.1. The summed E-state index contributed by atoms with van der Waals surface area (Å²) in [6.07, 6.45) is 3.34. The predicted molar refractivity (Wildman–Crippen MR) is 78.8 cm³/mol. The number of nitrogens with one attached hydrogen (secondary N) is 1. The van der Waals surface area contributed by atoms with Gasteiger partial charge in [0.25, 0.3) is 0 Å². The number of hydrogen-bond acceptors (Lipinski definition) is 4. The van der Waals surface area contributed by atoms with Crippen LogP contribution in [0.15, 0.2) is 18.2 Å². The SMILES string of the molecule is CNC1CCCc2nc(-c3ccc(F)c(OC)c3)sc21. The number of thiazole rings is 1. The van der Waals surface area contributed by atoms with E-state index in [0.29, 0.717) is 6.04 Å². The highest BCUT2D eigenvalue weighted by Gasteiger charge is 2.23.